The number of hydrogen-bond donors (Lipinski definition) is 0. The van der Waals surface area contributed by atoms with Gasteiger partial charge in [-0.15, -0.1) is 0 Å². The molecular formula is C5H14Si2. The number of rotatable bonds is 2. The van der Waals surface area contributed by atoms with Gasteiger partial charge in [-0.3, -0.25) is 0 Å². The molecule has 0 bridgehead atoms. The smallest absolute Gasteiger partial charge is 0.0382 e. The van der Waals surface area contributed by atoms with Crippen molar-refractivity contribution in [3.05, 3.63) is 0 Å². The Kier molecular flexibility index (Phi) is 3.65. The molecule has 0 heterocycles. The van der Waals surface area contributed by atoms with Crippen molar-refractivity contribution in [1.29, 1.82) is 0 Å². The minimum Gasteiger partial charge on any atom is -0.0715 e. The van der Waals surface area contributed by atoms with Crippen LogP contribution in [0.3, 0.4) is 0 Å². The summed E-state index contributed by atoms with van der Waals surface area (Å²) < 4.78 is 0. The van der Waals surface area contributed by atoms with Gasteiger partial charge in [-0.2, -0.15) is 0 Å². The highest BCUT2D eigenvalue weighted by Gasteiger charge is 1.99. The first-order valence-electron chi connectivity index (χ1n) is 2.71. The lowest BCUT2D eigenvalue weighted by atomic mass is 11.8. The molecule has 7 heavy (non-hydrogen) atoms. The molecular weight excluding hydrogens is 116 g/mol. The predicted molar refractivity (Wildman–Crippen MR) is 39.8 cm³/mol. The van der Waals surface area contributed by atoms with Crippen molar-refractivity contribution in [2.45, 2.75) is 31.9 Å². The Morgan fingerprint density at radius 1 is 0.857 bits per heavy atom. The highest BCUT2D eigenvalue weighted by atomic mass is 28.3. The van der Waals surface area contributed by atoms with Crippen LogP contribution in [0.4, 0.5) is 0 Å². The summed E-state index contributed by atoms with van der Waals surface area (Å²) in [7, 11) is 0.222. The minimum atomic E-state index is 0.111. The molecule has 2 radical (unpaired) electrons. The predicted octanol–water partition coefficient (Wildman–Crippen LogP) is 2.03. The van der Waals surface area contributed by atoms with Gasteiger partial charge in [0.1, 0.15) is 0 Å². The van der Waals surface area contributed by atoms with Crippen LogP contribution in [0, 0.1) is 0 Å². The fraction of sp³-hybridized carbons (Fsp3) is 1.00. The lowest BCUT2D eigenvalue weighted by Gasteiger charge is -2.01. The molecule has 0 fully saturated rings. The fourth-order valence-corrected chi connectivity index (χ4v) is 6.36. The molecule has 0 aromatic carbocycles. The second-order valence-electron chi connectivity index (χ2n) is 2.59. The van der Waals surface area contributed by atoms with Crippen molar-refractivity contribution in [1.82, 2.24) is 0 Å². The first-order chi connectivity index (χ1) is 3.13. The van der Waals surface area contributed by atoms with E-state index in [1.807, 2.05) is 0 Å². The Balaban J connectivity index is 2.95. The molecule has 0 N–H and O–H groups in total. The van der Waals surface area contributed by atoms with E-state index < -0.39 is 0 Å². The second-order valence-corrected chi connectivity index (χ2v) is 8.83. The molecule has 0 atom stereocenters. The number of hydrogen-bond acceptors (Lipinski definition) is 0. The summed E-state index contributed by atoms with van der Waals surface area (Å²) in [6.07, 6.45) is 0. The summed E-state index contributed by atoms with van der Waals surface area (Å²) in [4.78, 5) is 0. The molecule has 0 unspecified atom stereocenters. The molecule has 42 valence electrons. The Morgan fingerprint density at radius 3 is 1.14 bits per heavy atom. The SMILES string of the molecule is C[Si](C)C[Si](C)C. The van der Waals surface area contributed by atoms with Gasteiger partial charge in [0, 0.05) is 17.6 Å². The van der Waals surface area contributed by atoms with Crippen LogP contribution >= 0.6 is 0 Å². The fourth-order valence-electron chi connectivity index (χ4n) is 0.707. The van der Waals surface area contributed by atoms with E-state index in [-0.39, 0.29) is 17.6 Å². The van der Waals surface area contributed by atoms with E-state index >= 15 is 0 Å². The Morgan fingerprint density at radius 2 is 1.14 bits per heavy atom. The van der Waals surface area contributed by atoms with Gasteiger partial charge in [-0.05, 0) is 0 Å². The van der Waals surface area contributed by atoms with Gasteiger partial charge in [-0.25, -0.2) is 0 Å². The first kappa shape index (κ1) is 7.43. The quantitative estimate of drug-likeness (QED) is 0.502. The summed E-state index contributed by atoms with van der Waals surface area (Å²) in [5.74, 6) is 0. The zero-order valence-corrected chi connectivity index (χ0v) is 7.71. The van der Waals surface area contributed by atoms with Crippen LogP contribution in [-0.2, 0) is 0 Å². The molecule has 0 amide bonds. The molecule has 0 aromatic rings. The van der Waals surface area contributed by atoms with E-state index in [0.29, 0.717) is 0 Å². The third-order valence-electron chi connectivity index (χ3n) is 0.707. The highest BCUT2D eigenvalue weighted by Crippen LogP contribution is 1.94. The summed E-state index contributed by atoms with van der Waals surface area (Å²) in [6.45, 7) is 9.56. The maximum absolute atomic E-state index is 2.39. The standard InChI is InChI=1S/C5H14Si2/c1-6(2)5-7(3)4/h5H2,1-4H3. The molecule has 0 spiro atoms. The van der Waals surface area contributed by atoms with Gasteiger partial charge < -0.3 is 0 Å². The Bertz CT molecular complexity index is 35.3. The topological polar surface area (TPSA) is 0 Å². The van der Waals surface area contributed by atoms with Crippen LogP contribution in [-0.4, -0.2) is 17.6 Å². The van der Waals surface area contributed by atoms with Gasteiger partial charge in [0.15, 0.2) is 0 Å². The molecule has 0 rings (SSSR count). The first-order valence-corrected chi connectivity index (χ1v) is 8.12. The van der Waals surface area contributed by atoms with Crippen LogP contribution in [0.25, 0.3) is 0 Å². The van der Waals surface area contributed by atoms with E-state index in [1.54, 1.807) is 5.67 Å². The largest absolute Gasteiger partial charge is 0.0715 e. The van der Waals surface area contributed by atoms with E-state index in [9.17, 15) is 0 Å². The zero-order chi connectivity index (χ0) is 5.86. The van der Waals surface area contributed by atoms with Crippen molar-refractivity contribution in [3.63, 3.8) is 0 Å². The molecule has 0 aromatic heterocycles. The van der Waals surface area contributed by atoms with E-state index in [2.05, 4.69) is 26.2 Å². The van der Waals surface area contributed by atoms with E-state index in [1.165, 1.54) is 0 Å². The molecule has 2 heteroatoms. The Hall–Kier alpha value is 0.434. The monoisotopic (exact) mass is 130 g/mol. The highest BCUT2D eigenvalue weighted by molar-refractivity contribution is 6.74. The van der Waals surface area contributed by atoms with Crippen molar-refractivity contribution in [2.75, 3.05) is 0 Å². The van der Waals surface area contributed by atoms with Crippen molar-refractivity contribution in [3.8, 4) is 0 Å². The van der Waals surface area contributed by atoms with Crippen LogP contribution in [0.2, 0.25) is 31.9 Å². The minimum absolute atomic E-state index is 0.111. The van der Waals surface area contributed by atoms with Crippen LogP contribution in [0.15, 0.2) is 0 Å². The third kappa shape index (κ3) is 6.43. The molecule has 0 saturated heterocycles. The van der Waals surface area contributed by atoms with Crippen LogP contribution in [0.1, 0.15) is 0 Å². The maximum Gasteiger partial charge on any atom is 0.0382 e. The average molecular weight is 130 g/mol. The van der Waals surface area contributed by atoms with Gasteiger partial charge in [0.25, 0.3) is 0 Å². The van der Waals surface area contributed by atoms with Gasteiger partial charge in [0.05, 0.1) is 0 Å². The molecule has 0 aliphatic carbocycles. The maximum atomic E-state index is 2.39. The molecule has 0 aliphatic rings. The van der Waals surface area contributed by atoms with Gasteiger partial charge >= 0.3 is 0 Å². The van der Waals surface area contributed by atoms with Gasteiger partial charge in [0.2, 0.25) is 0 Å². The van der Waals surface area contributed by atoms with Crippen molar-refractivity contribution >= 4 is 17.6 Å². The normalized spacial score (nSPS) is 11.1. The van der Waals surface area contributed by atoms with E-state index in [4.69, 9.17) is 0 Å². The average Bonchev–Trinajstić information content (AvgIpc) is 1.27. The molecule has 0 nitrogen and oxygen atoms in total. The van der Waals surface area contributed by atoms with Crippen molar-refractivity contribution < 1.29 is 0 Å². The van der Waals surface area contributed by atoms with E-state index in [0.717, 1.165) is 0 Å². The summed E-state index contributed by atoms with van der Waals surface area (Å²) in [6, 6.07) is 0. The zero-order valence-electron chi connectivity index (χ0n) is 5.71. The summed E-state index contributed by atoms with van der Waals surface area (Å²) >= 11 is 0. The summed E-state index contributed by atoms with van der Waals surface area (Å²) in [5.41, 5.74) is 1.56. The third-order valence-corrected chi connectivity index (χ3v) is 6.36. The summed E-state index contributed by atoms with van der Waals surface area (Å²) in [5, 5.41) is 0. The van der Waals surface area contributed by atoms with Crippen LogP contribution in [0.5, 0.6) is 0 Å². The van der Waals surface area contributed by atoms with Gasteiger partial charge in [-0.1, -0.05) is 31.9 Å². The van der Waals surface area contributed by atoms with Crippen molar-refractivity contribution in [2.24, 2.45) is 0 Å². The molecule has 0 aliphatic heterocycles. The lowest BCUT2D eigenvalue weighted by Crippen LogP contribution is -2.10. The second kappa shape index (κ2) is 3.44. The lowest BCUT2D eigenvalue weighted by molar-refractivity contribution is 1.71. The Labute approximate surface area is 50.2 Å². The van der Waals surface area contributed by atoms with Crippen LogP contribution < -0.4 is 0 Å². The molecule has 0 saturated carbocycles.